The van der Waals surface area contributed by atoms with Crippen LogP contribution in [0.1, 0.15) is 46.8 Å². The van der Waals surface area contributed by atoms with Gasteiger partial charge in [0, 0.05) is 11.8 Å². The molecular formula is C30H29N5O2. The van der Waals surface area contributed by atoms with Crippen LogP contribution in [0.5, 0.6) is 0 Å². The maximum atomic E-state index is 13.8. The molecule has 1 aliphatic heterocycles. The fourth-order valence-corrected chi connectivity index (χ4v) is 5.11. The van der Waals surface area contributed by atoms with Crippen LogP contribution in [0.3, 0.4) is 0 Å². The molecule has 0 saturated carbocycles. The van der Waals surface area contributed by atoms with E-state index < -0.39 is 0 Å². The minimum atomic E-state index is -0.284. The Morgan fingerprint density at radius 3 is 2.57 bits per heavy atom. The standard InChI is InChI=1S/C30H29N5O2/c1-3-22-13-15-23(16-14-22)28-27-12-7-17-33(27)29-26(21(2)32-35(29)24-9-5-4-6-10-24)20-34(28)30(36)31-19-25-11-8-18-37-25/h4-18,28H,3,19-20H2,1-2H3,(H,31,36). The number of furan rings is 1. The van der Waals surface area contributed by atoms with Crippen molar-refractivity contribution in [2.45, 2.75) is 39.4 Å². The molecule has 1 aliphatic rings. The molecule has 4 heterocycles. The van der Waals surface area contributed by atoms with Crippen LogP contribution >= 0.6 is 0 Å². The second kappa shape index (κ2) is 9.50. The number of carbonyl (C=O) groups is 1. The lowest BCUT2D eigenvalue weighted by Gasteiger charge is -2.31. The van der Waals surface area contributed by atoms with Gasteiger partial charge in [0.25, 0.3) is 0 Å². The number of aryl methyl sites for hydroxylation is 2. The normalized spacial score (nSPS) is 14.6. The van der Waals surface area contributed by atoms with Gasteiger partial charge in [0.1, 0.15) is 11.6 Å². The third-order valence-electron chi connectivity index (χ3n) is 7.05. The number of amides is 2. The summed E-state index contributed by atoms with van der Waals surface area (Å²) in [6, 6.07) is 26.1. The first-order chi connectivity index (χ1) is 18.1. The Morgan fingerprint density at radius 1 is 1.03 bits per heavy atom. The van der Waals surface area contributed by atoms with Crippen molar-refractivity contribution < 1.29 is 9.21 Å². The molecule has 3 aromatic heterocycles. The highest BCUT2D eigenvalue weighted by Gasteiger charge is 2.35. The van der Waals surface area contributed by atoms with E-state index in [2.05, 4.69) is 65.5 Å². The summed E-state index contributed by atoms with van der Waals surface area (Å²) in [6.07, 6.45) is 4.64. The van der Waals surface area contributed by atoms with Crippen molar-refractivity contribution >= 4 is 6.03 Å². The van der Waals surface area contributed by atoms with Gasteiger partial charge in [-0.3, -0.25) is 0 Å². The molecule has 6 rings (SSSR count). The van der Waals surface area contributed by atoms with Crippen molar-refractivity contribution in [3.8, 4) is 11.5 Å². The number of aromatic nitrogens is 3. The Kier molecular flexibility index (Phi) is 5.88. The number of nitrogens with one attached hydrogen (secondary N) is 1. The predicted molar refractivity (Wildman–Crippen MR) is 142 cm³/mol. The van der Waals surface area contributed by atoms with Gasteiger partial charge in [-0.25, -0.2) is 9.48 Å². The lowest BCUT2D eigenvalue weighted by Crippen LogP contribution is -2.41. The van der Waals surface area contributed by atoms with Crippen molar-refractivity contribution in [1.82, 2.24) is 24.6 Å². The van der Waals surface area contributed by atoms with E-state index in [0.29, 0.717) is 18.8 Å². The Balaban J connectivity index is 1.49. The van der Waals surface area contributed by atoms with Gasteiger partial charge < -0.3 is 19.2 Å². The maximum absolute atomic E-state index is 13.8. The number of fused-ring (bicyclic) bond motifs is 3. The number of carbonyl (C=O) groups excluding carboxylic acids is 1. The van der Waals surface area contributed by atoms with Gasteiger partial charge in [-0.2, -0.15) is 5.10 Å². The molecule has 5 aromatic rings. The van der Waals surface area contributed by atoms with Crippen LogP contribution in [-0.2, 0) is 19.5 Å². The van der Waals surface area contributed by atoms with Crippen LogP contribution < -0.4 is 5.32 Å². The molecule has 0 radical (unpaired) electrons. The average molecular weight is 492 g/mol. The summed E-state index contributed by atoms with van der Waals surface area (Å²) in [4.78, 5) is 15.7. The second-order valence-corrected chi connectivity index (χ2v) is 9.30. The summed E-state index contributed by atoms with van der Waals surface area (Å²) < 4.78 is 9.62. The zero-order valence-electron chi connectivity index (χ0n) is 21.0. The smallest absolute Gasteiger partial charge is 0.318 e. The largest absolute Gasteiger partial charge is 0.467 e. The second-order valence-electron chi connectivity index (χ2n) is 9.30. The summed E-state index contributed by atoms with van der Waals surface area (Å²) in [5.74, 6) is 1.67. The van der Waals surface area contributed by atoms with Crippen LogP contribution in [-0.4, -0.2) is 25.3 Å². The van der Waals surface area contributed by atoms with E-state index in [-0.39, 0.29) is 12.1 Å². The van der Waals surface area contributed by atoms with Gasteiger partial charge in [-0.1, -0.05) is 49.4 Å². The van der Waals surface area contributed by atoms with Gasteiger partial charge >= 0.3 is 6.03 Å². The first-order valence-corrected chi connectivity index (χ1v) is 12.6. The highest BCUT2D eigenvalue weighted by Crippen LogP contribution is 2.38. The zero-order valence-corrected chi connectivity index (χ0v) is 21.0. The molecule has 0 saturated heterocycles. The van der Waals surface area contributed by atoms with Crippen molar-refractivity contribution in [2.24, 2.45) is 0 Å². The van der Waals surface area contributed by atoms with Crippen LogP contribution in [0.15, 0.2) is 95.7 Å². The van der Waals surface area contributed by atoms with Gasteiger partial charge in [-0.15, -0.1) is 0 Å². The molecular weight excluding hydrogens is 462 g/mol. The monoisotopic (exact) mass is 491 g/mol. The number of hydrogen-bond donors (Lipinski definition) is 1. The SMILES string of the molecule is CCc1ccc(C2c3cccn3-c3c(c(C)nn3-c3ccccc3)CN2C(=O)NCc2ccco2)cc1. The molecule has 1 unspecified atom stereocenters. The minimum absolute atomic E-state index is 0.159. The average Bonchev–Trinajstić information content (AvgIpc) is 3.67. The van der Waals surface area contributed by atoms with Crippen LogP contribution in [0.25, 0.3) is 11.5 Å². The van der Waals surface area contributed by atoms with Gasteiger partial charge in [0.2, 0.25) is 0 Å². The molecule has 0 spiro atoms. The van der Waals surface area contributed by atoms with Crippen LogP contribution in [0.2, 0.25) is 0 Å². The first-order valence-electron chi connectivity index (χ1n) is 12.6. The summed E-state index contributed by atoms with van der Waals surface area (Å²) >= 11 is 0. The lowest BCUT2D eigenvalue weighted by molar-refractivity contribution is 0.179. The third-order valence-corrected chi connectivity index (χ3v) is 7.05. The van der Waals surface area contributed by atoms with Crippen molar-refractivity contribution in [3.05, 3.63) is 125 Å². The van der Waals surface area contributed by atoms with Crippen LogP contribution in [0, 0.1) is 6.92 Å². The summed E-state index contributed by atoms with van der Waals surface area (Å²) in [5, 5.41) is 7.98. The number of benzene rings is 2. The molecule has 37 heavy (non-hydrogen) atoms. The third kappa shape index (κ3) is 4.12. The number of nitrogens with zero attached hydrogens (tertiary/aromatic N) is 4. The van der Waals surface area contributed by atoms with E-state index in [1.807, 2.05) is 52.9 Å². The molecule has 2 amide bonds. The number of urea groups is 1. The molecule has 0 bridgehead atoms. The lowest BCUT2D eigenvalue weighted by atomic mass is 10.00. The van der Waals surface area contributed by atoms with E-state index in [1.165, 1.54) is 5.56 Å². The fraction of sp³-hybridized carbons (Fsp3) is 0.200. The topological polar surface area (TPSA) is 68.2 Å². The van der Waals surface area contributed by atoms with Crippen molar-refractivity contribution in [3.63, 3.8) is 0 Å². The molecule has 0 aliphatic carbocycles. The van der Waals surface area contributed by atoms with E-state index in [0.717, 1.165) is 40.4 Å². The Hall–Kier alpha value is -4.52. The highest BCUT2D eigenvalue weighted by atomic mass is 16.3. The number of rotatable bonds is 5. The maximum Gasteiger partial charge on any atom is 0.318 e. The number of hydrogen-bond acceptors (Lipinski definition) is 3. The highest BCUT2D eigenvalue weighted by molar-refractivity contribution is 5.76. The van der Waals surface area contributed by atoms with E-state index in [1.54, 1.807) is 6.26 Å². The van der Waals surface area contributed by atoms with Gasteiger partial charge in [0.15, 0.2) is 0 Å². The van der Waals surface area contributed by atoms with Crippen molar-refractivity contribution in [2.75, 3.05) is 0 Å². The fourth-order valence-electron chi connectivity index (χ4n) is 5.11. The summed E-state index contributed by atoms with van der Waals surface area (Å²) in [5.41, 5.74) is 6.22. The Morgan fingerprint density at radius 2 is 1.84 bits per heavy atom. The molecule has 0 fully saturated rings. The van der Waals surface area contributed by atoms with E-state index in [4.69, 9.17) is 9.52 Å². The quantitative estimate of drug-likeness (QED) is 0.331. The Bertz CT molecular complexity index is 1510. The van der Waals surface area contributed by atoms with E-state index in [9.17, 15) is 4.79 Å². The number of para-hydroxylation sites is 1. The zero-order chi connectivity index (χ0) is 25.4. The summed E-state index contributed by atoms with van der Waals surface area (Å²) in [7, 11) is 0. The molecule has 7 heteroatoms. The van der Waals surface area contributed by atoms with Gasteiger partial charge in [0.05, 0.1) is 42.5 Å². The first kappa shape index (κ1) is 22.9. The minimum Gasteiger partial charge on any atom is -0.467 e. The summed E-state index contributed by atoms with van der Waals surface area (Å²) in [6.45, 7) is 4.89. The van der Waals surface area contributed by atoms with E-state index >= 15 is 0 Å². The molecule has 1 N–H and O–H groups in total. The van der Waals surface area contributed by atoms with Gasteiger partial charge in [-0.05, 0) is 60.9 Å². The predicted octanol–water partition coefficient (Wildman–Crippen LogP) is 5.94. The molecule has 1 atom stereocenters. The molecule has 186 valence electrons. The van der Waals surface area contributed by atoms with Crippen LogP contribution in [0.4, 0.5) is 4.79 Å². The van der Waals surface area contributed by atoms with Crippen molar-refractivity contribution in [1.29, 1.82) is 0 Å². The molecule has 7 nitrogen and oxygen atoms in total. The molecule has 2 aromatic carbocycles. The Labute approximate surface area is 216 Å².